The van der Waals surface area contributed by atoms with Crippen LogP contribution in [0.2, 0.25) is 0 Å². The molecule has 0 rings (SSSR count). The summed E-state index contributed by atoms with van der Waals surface area (Å²) in [7, 11) is 0. The van der Waals surface area contributed by atoms with Gasteiger partial charge in [0, 0.05) is 19.3 Å². The molecule has 0 heterocycles. The van der Waals surface area contributed by atoms with E-state index >= 15 is 0 Å². The molecule has 0 aliphatic heterocycles. The maximum Gasteiger partial charge on any atom is 0.306 e. The van der Waals surface area contributed by atoms with E-state index in [1.165, 1.54) is 167 Å². The van der Waals surface area contributed by atoms with E-state index < -0.39 is 6.10 Å². The molecule has 55 heavy (non-hydrogen) atoms. The lowest BCUT2D eigenvalue weighted by Crippen LogP contribution is -2.30. The number of unbranched alkanes of at least 4 members (excludes halogenated alkanes) is 31. The van der Waals surface area contributed by atoms with E-state index in [1.807, 2.05) is 0 Å². The molecule has 6 heteroatoms. The van der Waals surface area contributed by atoms with Crippen molar-refractivity contribution in [2.24, 2.45) is 5.92 Å². The summed E-state index contributed by atoms with van der Waals surface area (Å²) in [4.78, 5) is 37.8. The van der Waals surface area contributed by atoms with Crippen molar-refractivity contribution >= 4 is 17.9 Å². The highest BCUT2D eigenvalue weighted by atomic mass is 16.6. The Bertz CT molecular complexity index is 826. The van der Waals surface area contributed by atoms with E-state index in [9.17, 15) is 14.4 Å². The molecule has 1 atom stereocenters. The van der Waals surface area contributed by atoms with Crippen molar-refractivity contribution in [2.75, 3.05) is 13.2 Å². The highest BCUT2D eigenvalue weighted by Crippen LogP contribution is 2.16. The van der Waals surface area contributed by atoms with Crippen molar-refractivity contribution in [1.29, 1.82) is 0 Å². The van der Waals surface area contributed by atoms with Gasteiger partial charge in [0.25, 0.3) is 0 Å². The molecule has 0 amide bonds. The minimum absolute atomic E-state index is 0.0634. The Labute approximate surface area is 342 Å². The van der Waals surface area contributed by atoms with Gasteiger partial charge < -0.3 is 14.2 Å². The summed E-state index contributed by atoms with van der Waals surface area (Å²) in [5.41, 5.74) is 0. The monoisotopic (exact) mass is 779 g/mol. The molecule has 0 aliphatic rings. The summed E-state index contributed by atoms with van der Waals surface area (Å²) in [5.74, 6) is -0.0354. The summed E-state index contributed by atoms with van der Waals surface area (Å²) in [6.45, 7) is 8.98. The third-order valence-electron chi connectivity index (χ3n) is 11.0. The molecule has 0 fully saturated rings. The van der Waals surface area contributed by atoms with E-state index in [2.05, 4.69) is 27.7 Å². The van der Waals surface area contributed by atoms with Crippen LogP contribution >= 0.6 is 0 Å². The largest absolute Gasteiger partial charge is 0.462 e. The molecule has 6 nitrogen and oxygen atoms in total. The van der Waals surface area contributed by atoms with Crippen LogP contribution in [0.25, 0.3) is 0 Å². The molecule has 0 aliphatic carbocycles. The van der Waals surface area contributed by atoms with Crippen LogP contribution < -0.4 is 0 Å². The first-order valence-electron chi connectivity index (χ1n) is 24.4. The van der Waals surface area contributed by atoms with Crippen molar-refractivity contribution in [2.45, 2.75) is 278 Å². The van der Waals surface area contributed by atoms with Gasteiger partial charge in [-0.3, -0.25) is 14.4 Å². The fraction of sp³-hybridized carbons (Fsp3) is 0.939. The van der Waals surface area contributed by atoms with Crippen LogP contribution in [0.1, 0.15) is 272 Å². The molecule has 0 aromatic heterocycles. The number of hydrogen-bond acceptors (Lipinski definition) is 6. The number of carbonyl (C=O) groups excluding carboxylic acids is 3. The minimum atomic E-state index is -0.759. The van der Waals surface area contributed by atoms with Gasteiger partial charge in [0.2, 0.25) is 0 Å². The van der Waals surface area contributed by atoms with Crippen LogP contribution in [0.4, 0.5) is 0 Å². The third-order valence-corrected chi connectivity index (χ3v) is 11.0. The maximum atomic E-state index is 12.7. The fourth-order valence-electron chi connectivity index (χ4n) is 7.33. The van der Waals surface area contributed by atoms with Gasteiger partial charge in [-0.05, 0) is 25.2 Å². The first kappa shape index (κ1) is 53.4. The molecular formula is C49H94O6. The van der Waals surface area contributed by atoms with Crippen LogP contribution in [0.15, 0.2) is 0 Å². The Morgan fingerprint density at radius 1 is 0.345 bits per heavy atom. The second kappa shape index (κ2) is 43.5. The second-order valence-corrected chi connectivity index (χ2v) is 17.2. The average Bonchev–Trinajstić information content (AvgIpc) is 3.17. The lowest BCUT2D eigenvalue weighted by molar-refractivity contribution is -0.167. The van der Waals surface area contributed by atoms with Crippen LogP contribution in [0, 0.1) is 5.92 Å². The van der Waals surface area contributed by atoms with Crippen LogP contribution in [-0.2, 0) is 28.6 Å². The molecule has 0 unspecified atom stereocenters. The van der Waals surface area contributed by atoms with Gasteiger partial charge in [0.1, 0.15) is 13.2 Å². The topological polar surface area (TPSA) is 78.9 Å². The standard InChI is InChI=1S/C49H94O6/c1-5-7-9-11-13-15-16-17-18-19-20-25-29-33-37-41-48(51)54-44-46(43-53-47(50)40-36-32-28-23-14-12-10-8-6-2)55-49(52)42-38-34-30-26-22-21-24-27-31-35-39-45(3)4/h45-46H,5-44H2,1-4H3/t46-/m0/s1. The van der Waals surface area contributed by atoms with E-state index in [-0.39, 0.29) is 31.1 Å². The van der Waals surface area contributed by atoms with E-state index in [1.54, 1.807) is 0 Å². The van der Waals surface area contributed by atoms with Crippen LogP contribution in [-0.4, -0.2) is 37.2 Å². The highest BCUT2D eigenvalue weighted by Gasteiger charge is 2.19. The van der Waals surface area contributed by atoms with Crippen molar-refractivity contribution in [1.82, 2.24) is 0 Å². The van der Waals surface area contributed by atoms with Gasteiger partial charge in [0.15, 0.2) is 6.10 Å². The fourth-order valence-corrected chi connectivity index (χ4v) is 7.33. The summed E-state index contributed by atoms with van der Waals surface area (Å²) in [6.07, 6.45) is 43.7. The first-order chi connectivity index (χ1) is 26.9. The Morgan fingerprint density at radius 2 is 0.600 bits per heavy atom. The summed E-state index contributed by atoms with van der Waals surface area (Å²) in [6, 6.07) is 0. The van der Waals surface area contributed by atoms with Gasteiger partial charge in [-0.1, -0.05) is 233 Å². The summed E-state index contributed by atoms with van der Waals surface area (Å²) >= 11 is 0. The third kappa shape index (κ3) is 43.4. The van der Waals surface area contributed by atoms with Crippen LogP contribution in [0.3, 0.4) is 0 Å². The van der Waals surface area contributed by atoms with Gasteiger partial charge >= 0.3 is 17.9 Å². The number of rotatable bonds is 44. The minimum Gasteiger partial charge on any atom is -0.462 e. The van der Waals surface area contributed by atoms with Gasteiger partial charge in [-0.25, -0.2) is 0 Å². The summed E-state index contributed by atoms with van der Waals surface area (Å²) < 4.78 is 16.7. The van der Waals surface area contributed by atoms with E-state index in [4.69, 9.17) is 14.2 Å². The van der Waals surface area contributed by atoms with Crippen molar-refractivity contribution in [3.8, 4) is 0 Å². The molecule has 0 N–H and O–H groups in total. The molecule has 0 saturated heterocycles. The second-order valence-electron chi connectivity index (χ2n) is 17.2. The molecule has 326 valence electrons. The normalized spacial score (nSPS) is 11.9. The molecule has 0 radical (unpaired) electrons. The quantitative estimate of drug-likeness (QED) is 0.0348. The van der Waals surface area contributed by atoms with Gasteiger partial charge in [0.05, 0.1) is 0 Å². The first-order valence-corrected chi connectivity index (χ1v) is 24.4. The van der Waals surface area contributed by atoms with Crippen molar-refractivity contribution < 1.29 is 28.6 Å². The zero-order valence-electron chi connectivity index (χ0n) is 37.4. The predicted molar refractivity (Wildman–Crippen MR) is 233 cm³/mol. The molecule has 0 spiro atoms. The molecule has 0 aromatic carbocycles. The molecule has 0 aromatic rings. The van der Waals surface area contributed by atoms with Gasteiger partial charge in [-0.15, -0.1) is 0 Å². The lowest BCUT2D eigenvalue weighted by atomic mass is 10.0. The summed E-state index contributed by atoms with van der Waals surface area (Å²) in [5, 5.41) is 0. The predicted octanol–water partition coefficient (Wildman–Crippen LogP) is 15.5. The molecule has 0 bridgehead atoms. The molecular weight excluding hydrogens is 685 g/mol. The average molecular weight is 779 g/mol. The van der Waals surface area contributed by atoms with Gasteiger partial charge in [-0.2, -0.15) is 0 Å². The molecule has 0 saturated carbocycles. The van der Waals surface area contributed by atoms with Crippen LogP contribution in [0.5, 0.6) is 0 Å². The zero-order valence-corrected chi connectivity index (χ0v) is 37.4. The Balaban J connectivity index is 4.28. The number of carbonyl (C=O) groups is 3. The number of hydrogen-bond donors (Lipinski definition) is 0. The SMILES string of the molecule is CCCCCCCCCCCCCCCCCC(=O)OC[C@H](COC(=O)CCCCCCCCCCC)OC(=O)CCCCCCCCCCCCC(C)C. The Hall–Kier alpha value is -1.59. The number of ether oxygens (including phenoxy) is 3. The number of esters is 3. The van der Waals surface area contributed by atoms with E-state index in [0.717, 1.165) is 63.7 Å². The Morgan fingerprint density at radius 3 is 0.891 bits per heavy atom. The highest BCUT2D eigenvalue weighted by molar-refractivity contribution is 5.71. The van der Waals surface area contributed by atoms with Crippen molar-refractivity contribution in [3.63, 3.8) is 0 Å². The van der Waals surface area contributed by atoms with Crippen molar-refractivity contribution in [3.05, 3.63) is 0 Å². The maximum absolute atomic E-state index is 12.7. The lowest BCUT2D eigenvalue weighted by Gasteiger charge is -2.18. The smallest absolute Gasteiger partial charge is 0.306 e. The van der Waals surface area contributed by atoms with E-state index in [0.29, 0.717) is 19.3 Å². The zero-order chi connectivity index (χ0) is 40.3. The Kier molecular flexibility index (Phi) is 42.3.